The van der Waals surface area contributed by atoms with Crippen molar-refractivity contribution >= 4 is 17.9 Å². The summed E-state index contributed by atoms with van der Waals surface area (Å²) in [6, 6.07) is 0. The third kappa shape index (κ3) is 9.98. The predicted octanol–water partition coefficient (Wildman–Crippen LogP) is 2.06. The van der Waals surface area contributed by atoms with E-state index in [0.29, 0.717) is 32.4 Å². The van der Waals surface area contributed by atoms with Crippen molar-refractivity contribution in [2.45, 2.75) is 83.9 Å². The molecule has 0 aromatic heterocycles. The largest absolute Gasteiger partial charge is 0.456 e. The summed E-state index contributed by atoms with van der Waals surface area (Å²) in [6.07, 6.45) is 3.70. The van der Waals surface area contributed by atoms with E-state index in [2.05, 4.69) is 5.92 Å². The minimum absolute atomic E-state index is 0.0494. The monoisotopic (exact) mass is 455 g/mol. The molecule has 0 amide bonds. The standard InChI is InChI=1S/C23H37NO8/c1-6-10-18(25)30-17-16-29-23(28-15-14-24(5)13-9-4)22(32-20(27)12-8-3)21(17)31-19(26)11-7-2/h4,17,21-23H,6-8,10-16H2,1-3,5H3/t17-,21-,22-,23?/m1/s1. The molecule has 9 heteroatoms. The minimum atomic E-state index is -1.07. The molecule has 1 saturated heterocycles. The van der Waals surface area contributed by atoms with Gasteiger partial charge in [-0.1, -0.05) is 26.7 Å². The number of nitrogens with zero attached hydrogens (tertiary/aromatic N) is 1. The van der Waals surface area contributed by atoms with E-state index in [4.69, 9.17) is 30.1 Å². The molecule has 182 valence electrons. The van der Waals surface area contributed by atoms with Gasteiger partial charge in [-0.05, 0) is 26.3 Å². The smallest absolute Gasteiger partial charge is 0.306 e. The SMILES string of the molecule is C#CCN(C)CCOC1OC[C@@H](OC(=O)CCC)[C@@H](OC(=O)CCC)[C@H]1OC(=O)CCC. The van der Waals surface area contributed by atoms with Crippen LogP contribution in [0.25, 0.3) is 0 Å². The highest BCUT2D eigenvalue weighted by Crippen LogP contribution is 2.26. The van der Waals surface area contributed by atoms with Crippen LogP contribution < -0.4 is 0 Å². The molecule has 0 saturated carbocycles. The number of esters is 3. The third-order valence-corrected chi connectivity index (χ3v) is 4.68. The van der Waals surface area contributed by atoms with Crippen LogP contribution in [0.2, 0.25) is 0 Å². The lowest BCUT2D eigenvalue weighted by Crippen LogP contribution is -2.58. The Balaban J connectivity index is 3.03. The maximum atomic E-state index is 12.3. The van der Waals surface area contributed by atoms with Crippen molar-refractivity contribution in [3.05, 3.63) is 0 Å². The van der Waals surface area contributed by atoms with Crippen molar-refractivity contribution < 1.29 is 38.1 Å². The molecule has 0 N–H and O–H groups in total. The summed E-state index contributed by atoms with van der Waals surface area (Å²) < 4.78 is 28.3. The first-order valence-electron chi connectivity index (χ1n) is 11.3. The van der Waals surface area contributed by atoms with Crippen LogP contribution in [0.3, 0.4) is 0 Å². The molecule has 0 aliphatic carbocycles. The van der Waals surface area contributed by atoms with Gasteiger partial charge in [0.15, 0.2) is 24.6 Å². The van der Waals surface area contributed by atoms with E-state index >= 15 is 0 Å². The quantitative estimate of drug-likeness (QED) is 0.221. The van der Waals surface area contributed by atoms with Crippen LogP contribution in [0, 0.1) is 12.3 Å². The highest BCUT2D eigenvalue weighted by molar-refractivity contribution is 5.71. The molecule has 1 aliphatic rings. The number of carbonyl (C=O) groups excluding carboxylic acids is 3. The Hall–Kier alpha value is -2.15. The fourth-order valence-electron chi connectivity index (χ4n) is 3.08. The summed E-state index contributed by atoms with van der Waals surface area (Å²) in [5.41, 5.74) is 0. The first-order chi connectivity index (χ1) is 15.4. The van der Waals surface area contributed by atoms with Gasteiger partial charge >= 0.3 is 17.9 Å². The van der Waals surface area contributed by atoms with Crippen molar-refractivity contribution in [2.75, 3.05) is 33.4 Å². The topological polar surface area (TPSA) is 101 Å². The summed E-state index contributed by atoms with van der Waals surface area (Å²) in [5.74, 6) is 1.16. The van der Waals surface area contributed by atoms with Crippen LogP contribution in [0.1, 0.15) is 59.3 Å². The molecular weight excluding hydrogens is 418 g/mol. The van der Waals surface area contributed by atoms with Gasteiger partial charge < -0.3 is 23.7 Å². The normalized spacial score (nSPS) is 22.8. The lowest BCUT2D eigenvalue weighted by atomic mass is 10.0. The fraction of sp³-hybridized carbons (Fsp3) is 0.783. The first kappa shape index (κ1) is 27.9. The predicted molar refractivity (Wildman–Crippen MR) is 116 cm³/mol. The number of rotatable bonds is 14. The second-order valence-corrected chi connectivity index (χ2v) is 7.70. The number of carbonyl (C=O) groups is 3. The summed E-state index contributed by atoms with van der Waals surface area (Å²) in [4.78, 5) is 38.6. The van der Waals surface area contributed by atoms with Gasteiger partial charge in [0.25, 0.3) is 0 Å². The van der Waals surface area contributed by atoms with Gasteiger partial charge in [0.05, 0.1) is 19.8 Å². The van der Waals surface area contributed by atoms with Crippen LogP contribution in [0.15, 0.2) is 0 Å². The van der Waals surface area contributed by atoms with Gasteiger partial charge in [0, 0.05) is 25.8 Å². The van der Waals surface area contributed by atoms with E-state index in [9.17, 15) is 14.4 Å². The van der Waals surface area contributed by atoms with Crippen LogP contribution in [-0.2, 0) is 38.1 Å². The second-order valence-electron chi connectivity index (χ2n) is 7.70. The number of ether oxygens (including phenoxy) is 5. The van der Waals surface area contributed by atoms with Crippen molar-refractivity contribution in [1.82, 2.24) is 4.90 Å². The van der Waals surface area contributed by atoms with Gasteiger partial charge in [0.1, 0.15) is 0 Å². The Morgan fingerprint density at radius 2 is 1.47 bits per heavy atom. The Morgan fingerprint density at radius 3 is 2.00 bits per heavy atom. The summed E-state index contributed by atoms with van der Waals surface area (Å²) in [7, 11) is 1.85. The molecule has 4 atom stereocenters. The zero-order valence-corrected chi connectivity index (χ0v) is 19.7. The number of hydrogen-bond acceptors (Lipinski definition) is 9. The Labute approximate surface area is 191 Å². The van der Waals surface area contributed by atoms with Gasteiger partial charge in [-0.25, -0.2) is 0 Å². The van der Waals surface area contributed by atoms with E-state index in [-0.39, 0.29) is 32.5 Å². The average molecular weight is 456 g/mol. The molecule has 1 rings (SSSR count). The molecule has 1 unspecified atom stereocenters. The van der Waals surface area contributed by atoms with Gasteiger partial charge in [-0.15, -0.1) is 6.42 Å². The van der Waals surface area contributed by atoms with Crippen LogP contribution in [-0.4, -0.2) is 80.8 Å². The van der Waals surface area contributed by atoms with E-state index in [0.717, 1.165) is 0 Å². The number of hydrogen-bond donors (Lipinski definition) is 0. The molecule has 0 aromatic carbocycles. The van der Waals surface area contributed by atoms with Crippen molar-refractivity contribution in [2.24, 2.45) is 0 Å². The molecule has 0 radical (unpaired) electrons. The van der Waals surface area contributed by atoms with Crippen LogP contribution >= 0.6 is 0 Å². The summed E-state index contributed by atoms with van der Waals surface area (Å²) in [6.45, 7) is 6.73. The molecular formula is C23H37NO8. The Bertz CT molecular complexity index is 632. The Kier molecular flexibility index (Phi) is 13.6. The number of likely N-dealkylation sites (N-methyl/N-ethyl adjacent to an activating group) is 1. The van der Waals surface area contributed by atoms with E-state index in [1.807, 2.05) is 32.7 Å². The zero-order chi connectivity index (χ0) is 23.9. The average Bonchev–Trinajstić information content (AvgIpc) is 2.72. The lowest BCUT2D eigenvalue weighted by molar-refractivity contribution is -0.282. The molecule has 1 fully saturated rings. The summed E-state index contributed by atoms with van der Waals surface area (Å²) >= 11 is 0. The van der Waals surface area contributed by atoms with Gasteiger partial charge in [-0.3, -0.25) is 19.3 Å². The molecule has 1 aliphatic heterocycles. The number of terminal acetylenes is 1. The van der Waals surface area contributed by atoms with Crippen molar-refractivity contribution in [3.8, 4) is 12.3 Å². The molecule has 0 spiro atoms. The van der Waals surface area contributed by atoms with E-state index in [1.54, 1.807) is 0 Å². The molecule has 1 heterocycles. The molecule has 0 bridgehead atoms. The maximum absolute atomic E-state index is 12.3. The second kappa shape index (κ2) is 15.6. The summed E-state index contributed by atoms with van der Waals surface area (Å²) in [5, 5.41) is 0. The van der Waals surface area contributed by atoms with Crippen LogP contribution in [0.4, 0.5) is 0 Å². The first-order valence-corrected chi connectivity index (χ1v) is 11.3. The van der Waals surface area contributed by atoms with Crippen molar-refractivity contribution in [1.29, 1.82) is 0 Å². The fourth-order valence-corrected chi connectivity index (χ4v) is 3.08. The van der Waals surface area contributed by atoms with Crippen molar-refractivity contribution in [3.63, 3.8) is 0 Å². The molecule has 0 aromatic rings. The van der Waals surface area contributed by atoms with E-state index < -0.39 is 42.5 Å². The molecule has 9 nitrogen and oxygen atoms in total. The Morgan fingerprint density at radius 1 is 0.938 bits per heavy atom. The third-order valence-electron chi connectivity index (χ3n) is 4.68. The highest BCUT2D eigenvalue weighted by Gasteiger charge is 2.48. The minimum Gasteiger partial charge on any atom is -0.456 e. The molecule has 32 heavy (non-hydrogen) atoms. The van der Waals surface area contributed by atoms with E-state index in [1.165, 1.54) is 0 Å². The van der Waals surface area contributed by atoms with Crippen LogP contribution in [0.5, 0.6) is 0 Å². The van der Waals surface area contributed by atoms with Gasteiger partial charge in [-0.2, -0.15) is 0 Å². The zero-order valence-electron chi connectivity index (χ0n) is 19.7. The lowest BCUT2D eigenvalue weighted by Gasteiger charge is -2.40. The highest BCUT2D eigenvalue weighted by atomic mass is 16.7. The van der Waals surface area contributed by atoms with Gasteiger partial charge in [0.2, 0.25) is 0 Å². The maximum Gasteiger partial charge on any atom is 0.306 e.